The van der Waals surface area contributed by atoms with Crippen molar-refractivity contribution in [1.82, 2.24) is 5.32 Å². The first kappa shape index (κ1) is 14.0. The maximum atomic E-state index is 13.6. The van der Waals surface area contributed by atoms with E-state index in [1.807, 2.05) is 0 Å². The second kappa shape index (κ2) is 5.52. The standard InChI is InChI=1S/C11H12F2N2O3/c1-3-6(2)14-11(16)8-4-7(12)5-9(10(8)13)15(17)18/h4-6H,3H2,1-2H3,(H,14,16). The quantitative estimate of drug-likeness (QED) is 0.665. The Kier molecular flexibility index (Phi) is 4.30. The molecule has 0 heterocycles. The first-order chi connectivity index (χ1) is 8.36. The summed E-state index contributed by atoms with van der Waals surface area (Å²) in [5, 5.41) is 12.9. The maximum absolute atomic E-state index is 13.6. The van der Waals surface area contributed by atoms with Crippen LogP contribution in [0, 0.1) is 21.7 Å². The molecule has 1 rings (SSSR count). The molecule has 0 aliphatic carbocycles. The van der Waals surface area contributed by atoms with Gasteiger partial charge < -0.3 is 5.32 Å². The molecule has 18 heavy (non-hydrogen) atoms. The zero-order valence-electron chi connectivity index (χ0n) is 9.87. The lowest BCUT2D eigenvalue weighted by Gasteiger charge is -2.11. The van der Waals surface area contributed by atoms with Gasteiger partial charge in [-0.05, 0) is 19.4 Å². The van der Waals surface area contributed by atoms with E-state index in [4.69, 9.17) is 0 Å². The van der Waals surface area contributed by atoms with Gasteiger partial charge in [-0.1, -0.05) is 6.92 Å². The first-order valence-electron chi connectivity index (χ1n) is 5.31. The van der Waals surface area contributed by atoms with Gasteiger partial charge >= 0.3 is 5.69 Å². The maximum Gasteiger partial charge on any atom is 0.308 e. The van der Waals surface area contributed by atoms with Crippen molar-refractivity contribution < 1.29 is 18.5 Å². The summed E-state index contributed by atoms with van der Waals surface area (Å²) in [5.74, 6) is -3.23. The summed E-state index contributed by atoms with van der Waals surface area (Å²) >= 11 is 0. The summed E-state index contributed by atoms with van der Waals surface area (Å²) < 4.78 is 26.7. The lowest BCUT2D eigenvalue weighted by Crippen LogP contribution is -2.32. The van der Waals surface area contributed by atoms with E-state index in [-0.39, 0.29) is 6.04 Å². The van der Waals surface area contributed by atoms with Crippen molar-refractivity contribution in [2.24, 2.45) is 0 Å². The van der Waals surface area contributed by atoms with Crippen LogP contribution in [0.15, 0.2) is 12.1 Å². The summed E-state index contributed by atoms with van der Waals surface area (Å²) in [4.78, 5) is 21.0. The smallest absolute Gasteiger partial charge is 0.308 e. The summed E-state index contributed by atoms with van der Waals surface area (Å²) in [6.07, 6.45) is 0.602. The third-order valence-corrected chi connectivity index (χ3v) is 2.45. The molecule has 0 fully saturated rings. The second-order valence-corrected chi connectivity index (χ2v) is 3.83. The third-order valence-electron chi connectivity index (χ3n) is 2.45. The number of hydrogen-bond acceptors (Lipinski definition) is 3. The van der Waals surface area contributed by atoms with Crippen molar-refractivity contribution in [1.29, 1.82) is 0 Å². The Morgan fingerprint density at radius 3 is 2.61 bits per heavy atom. The number of carbonyl (C=O) groups excluding carboxylic acids is 1. The van der Waals surface area contributed by atoms with E-state index in [9.17, 15) is 23.7 Å². The number of halogens is 2. The molecule has 0 aromatic heterocycles. The van der Waals surface area contributed by atoms with Crippen LogP contribution in [-0.4, -0.2) is 16.9 Å². The van der Waals surface area contributed by atoms with Gasteiger partial charge in [0.25, 0.3) is 5.91 Å². The predicted molar refractivity (Wildman–Crippen MR) is 60.2 cm³/mol. The molecular formula is C11H12F2N2O3. The van der Waals surface area contributed by atoms with E-state index >= 15 is 0 Å². The summed E-state index contributed by atoms with van der Waals surface area (Å²) in [7, 11) is 0. The number of nitro groups is 1. The number of rotatable bonds is 4. The van der Waals surface area contributed by atoms with Gasteiger partial charge in [0, 0.05) is 6.04 Å². The first-order valence-corrected chi connectivity index (χ1v) is 5.31. The molecule has 0 saturated heterocycles. The average molecular weight is 258 g/mol. The van der Waals surface area contributed by atoms with Gasteiger partial charge in [0.15, 0.2) is 0 Å². The Hall–Kier alpha value is -2.05. The van der Waals surface area contributed by atoms with E-state index in [2.05, 4.69) is 5.32 Å². The molecular weight excluding hydrogens is 246 g/mol. The zero-order valence-corrected chi connectivity index (χ0v) is 9.87. The normalized spacial score (nSPS) is 12.0. The molecule has 0 aliphatic rings. The molecule has 1 N–H and O–H groups in total. The van der Waals surface area contributed by atoms with Gasteiger partial charge in [0.2, 0.25) is 5.82 Å². The summed E-state index contributed by atoms with van der Waals surface area (Å²) in [5.41, 5.74) is -1.72. The van der Waals surface area contributed by atoms with E-state index < -0.39 is 33.7 Å². The van der Waals surface area contributed by atoms with Gasteiger partial charge in [-0.3, -0.25) is 14.9 Å². The minimum Gasteiger partial charge on any atom is -0.350 e. The van der Waals surface area contributed by atoms with Crippen LogP contribution in [0.3, 0.4) is 0 Å². The monoisotopic (exact) mass is 258 g/mol. The Morgan fingerprint density at radius 2 is 2.11 bits per heavy atom. The second-order valence-electron chi connectivity index (χ2n) is 3.83. The Morgan fingerprint density at radius 1 is 1.50 bits per heavy atom. The van der Waals surface area contributed by atoms with E-state index in [1.165, 1.54) is 0 Å². The molecule has 98 valence electrons. The van der Waals surface area contributed by atoms with Crippen molar-refractivity contribution in [2.75, 3.05) is 0 Å². The van der Waals surface area contributed by atoms with Gasteiger partial charge in [-0.2, -0.15) is 4.39 Å². The lowest BCUT2D eigenvalue weighted by atomic mass is 10.1. The highest BCUT2D eigenvalue weighted by Crippen LogP contribution is 2.22. The minimum absolute atomic E-state index is 0.237. The van der Waals surface area contributed by atoms with Crippen LogP contribution < -0.4 is 5.32 Å². The van der Waals surface area contributed by atoms with Gasteiger partial charge in [0.05, 0.1) is 16.6 Å². The van der Waals surface area contributed by atoms with Crippen LogP contribution in [0.5, 0.6) is 0 Å². The molecule has 1 amide bonds. The zero-order chi connectivity index (χ0) is 13.9. The van der Waals surface area contributed by atoms with E-state index in [0.29, 0.717) is 18.6 Å². The number of nitro benzene ring substituents is 1. The molecule has 1 aromatic rings. The van der Waals surface area contributed by atoms with Crippen molar-refractivity contribution >= 4 is 11.6 Å². The number of nitrogens with one attached hydrogen (secondary N) is 1. The molecule has 0 saturated carbocycles. The Bertz CT molecular complexity index is 491. The Labute approximate surface area is 102 Å². The van der Waals surface area contributed by atoms with Crippen molar-refractivity contribution in [2.45, 2.75) is 26.3 Å². The highest BCUT2D eigenvalue weighted by Gasteiger charge is 2.24. The van der Waals surface area contributed by atoms with Gasteiger partial charge in [-0.15, -0.1) is 0 Å². The average Bonchev–Trinajstić information content (AvgIpc) is 2.30. The lowest BCUT2D eigenvalue weighted by molar-refractivity contribution is -0.387. The molecule has 1 atom stereocenters. The van der Waals surface area contributed by atoms with Crippen LogP contribution in [0.1, 0.15) is 30.6 Å². The van der Waals surface area contributed by atoms with Crippen LogP contribution >= 0.6 is 0 Å². The summed E-state index contributed by atoms with van der Waals surface area (Å²) in [6.45, 7) is 3.48. The fourth-order valence-corrected chi connectivity index (χ4v) is 1.28. The van der Waals surface area contributed by atoms with Crippen molar-refractivity contribution in [3.05, 3.63) is 39.4 Å². The van der Waals surface area contributed by atoms with Crippen molar-refractivity contribution in [3.8, 4) is 0 Å². The van der Waals surface area contributed by atoms with Crippen molar-refractivity contribution in [3.63, 3.8) is 0 Å². The van der Waals surface area contributed by atoms with E-state index in [1.54, 1.807) is 13.8 Å². The van der Waals surface area contributed by atoms with Crippen LogP contribution in [0.25, 0.3) is 0 Å². The third kappa shape index (κ3) is 2.99. The fraction of sp³-hybridized carbons (Fsp3) is 0.364. The number of nitrogens with zero attached hydrogens (tertiary/aromatic N) is 1. The molecule has 0 bridgehead atoms. The number of hydrogen-bond donors (Lipinski definition) is 1. The van der Waals surface area contributed by atoms with Gasteiger partial charge in [0.1, 0.15) is 5.82 Å². The molecule has 1 aromatic carbocycles. The topological polar surface area (TPSA) is 72.2 Å². The number of carbonyl (C=O) groups is 1. The largest absolute Gasteiger partial charge is 0.350 e. The molecule has 7 heteroatoms. The predicted octanol–water partition coefficient (Wildman–Crippen LogP) is 2.40. The Balaban J connectivity index is 3.16. The molecule has 0 spiro atoms. The SMILES string of the molecule is CCC(C)NC(=O)c1cc(F)cc([N+](=O)[O-])c1F. The minimum atomic E-state index is -1.33. The van der Waals surface area contributed by atoms with Crippen LogP contribution in [0.2, 0.25) is 0 Å². The molecule has 5 nitrogen and oxygen atoms in total. The summed E-state index contributed by atoms with van der Waals surface area (Å²) in [6, 6.07) is 0.842. The highest BCUT2D eigenvalue weighted by atomic mass is 19.1. The van der Waals surface area contributed by atoms with Crippen LogP contribution in [-0.2, 0) is 0 Å². The molecule has 1 unspecified atom stereocenters. The van der Waals surface area contributed by atoms with E-state index in [0.717, 1.165) is 0 Å². The molecule has 0 radical (unpaired) electrons. The molecule has 0 aliphatic heterocycles. The highest BCUT2D eigenvalue weighted by molar-refractivity contribution is 5.95. The number of benzene rings is 1. The van der Waals surface area contributed by atoms with Crippen LogP contribution in [0.4, 0.5) is 14.5 Å². The van der Waals surface area contributed by atoms with Gasteiger partial charge in [-0.25, -0.2) is 4.39 Å². The fourth-order valence-electron chi connectivity index (χ4n) is 1.28. The number of amides is 1.